The second-order valence-corrected chi connectivity index (χ2v) is 7.20. The van der Waals surface area contributed by atoms with Gasteiger partial charge in [-0.3, -0.25) is 4.79 Å². The van der Waals surface area contributed by atoms with Crippen LogP contribution in [-0.4, -0.2) is 30.8 Å². The zero-order valence-corrected chi connectivity index (χ0v) is 16.5. The number of hydrogen-bond donors (Lipinski definition) is 2. The molecule has 30 heavy (non-hydrogen) atoms. The fourth-order valence-corrected chi connectivity index (χ4v) is 3.54. The molecule has 2 N–H and O–H groups in total. The highest BCUT2D eigenvalue weighted by atomic mass is 19.4. The molecule has 2 aromatic carbocycles. The monoisotopic (exact) mass is 423 g/mol. The number of ether oxygens (including phenoxy) is 2. The number of aliphatic hydroxyl groups is 1. The summed E-state index contributed by atoms with van der Waals surface area (Å²) in [5, 5.41) is 12.7. The second kappa shape index (κ2) is 9.38. The van der Waals surface area contributed by atoms with Crippen LogP contribution in [-0.2, 0) is 6.18 Å². The summed E-state index contributed by atoms with van der Waals surface area (Å²) < 4.78 is 50.6. The first-order valence-corrected chi connectivity index (χ1v) is 9.76. The molecule has 5 nitrogen and oxygen atoms in total. The maximum Gasteiger partial charge on any atom is 0.416 e. The maximum atomic E-state index is 13.1. The van der Waals surface area contributed by atoms with E-state index in [1.807, 2.05) is 0 Å². The third-order valence-corrected chi connectivity index (χ3v) is 5.10. The van der Waals surface area contributed by atoms with E-state index < -0.39 is 23.8 Å². The van der Waals surface area contributed by atoms with Crippen molar-refractivity contribution in [2.24, 2.45) is 0 Å². The summed E-state index contributed by atoms with van der Waals surface area (Å²) >= 11 is 0. The summed E-state index contributed by atoms with van der Waals surface area (Å²) in [5.74, 6) is 0.405. The minimum atomic E-state index is -4.59. The van der Waals surface area contributed by atoms with Crippen molar-refractivity contribution < 1.29 is 32.5 Å². The molecule has 162 valence electrons. The summed E-state index contributed by atoms with van der Waals surface area (Å²) in [7, 11) is 1.47. The molecule has 1 aliphatic rings. The number of hydrogen-bond acceptors (Lipinski definition) is 4. The number of methoxy groups -OCH3 is 1. The van der Waals surface area contributed by atoms with Crippen LogP contribution in [0.25, 0.3) is 0 Å². The van der Waals surface area contributed by atoms with Crippen molar-refractivity contribution in [3.8, 4) is 11.5 Å². The Morgan fingerprint density at radius 1 is 1.17 bits per heavy atom. The Morgan fingerprint density at radius 2 is 1.87 bits per heavy atom. The quantitative estimate of drug-likeness (QED) is 0.688. The molecule has 8 heteroatoms. The van der Waals surface area contributed by atoms with Gasteiger partial charge in [0.25, 0.3) is 5.91 Å². The number of amides is 1. The van der Waals surface area contributed by atoms with Crippen LogP contribution in [0.15, 0.2) is 42.5 Å². The van der Waals surface area contributed by atoms with E-state index in [0.29, 0.717) is 11.5 Å². The number of carbonyl (C=O) groups is 1. The van der Waals surface area contributed by atoms with Gasteiger partial charge in [-0.05, 0) is 55.5 Å². The standard InChI is InChI=1S/C22H24F3NO4/c1-29-20-12-14(10-11-19(20)30-15-6-2-3-7-15)21(28)26-13-18(27)16-8-4-5-9-17(16)22(23,24)25/h4-5,8-12,15,18,27H,2-3,6-7,13H2,1H3,(H,26,28). The highest BCUT2D eigenvalue weighted by Crippen LogP contribution is 2.35. The van der Waals surface area contributed by atoms with E-state index in [1.165, 1.54) is 31.4 Å². The van der Waals surface area contributed by atoms with Crippen LogP contribution < -0.4 is 14.8 Å². The lowest BCUT2D eigenvalue weighted by Gasteiger charge is -2.18. The fraction of sp³-hybridized carbons (Fsp3) is 0.409. The van der Waals surface area contributed by atoms with Crippen LogP contribution >= 0.6 is 0 Å². The van der Waals surface area contributed by atoms with Crippen molar-refractivity contribution in [1.29, 1.82) is 0 Å². The molecular weight excluding hydrogens is 399 g/mol. The van der Waals surface area contributed by atoms with Gasteiger partial charge in [0.15, 0.2) is 11.5 Å². The minimum Gasteiger partial charge on any atom is -0.493 e. The Balaban J connectivity index is 1.66. The summed E-state index contributed by atoms with van der Waals surface area (Å²) in [6, 6.07) is 9.45. The van der Waals surface area contributed by atoms with Gasteiger partial charge in [0.2, 0.25) is 0 Å². The van der Waals surface area contributed by atoms with Gasteiger partial charge in [-0.1, -0.05) is 18.2 Å². The van der Waals surface area contributed by atoms with Crippen molar-refractivity contribution in [2.75, 3.05) is 13.7 Å². The normalized spacial score (nSPS) is 15.6. The van der Waals surface area contributed by atoms with Crippen molar-refractivity contribution in [1.82, 2.24) is 5.32 Å². The number of benzene rings is 2. The molecule has 0 radical (unpaired) electrons. The molecule has 0 aromatic heterocycles. The number of carbonyl (C=O) groups excluding carboxylic acids is 1. The van der Waals surface area contributed by atoms with Crippen LogP contribution in [0.4, 0.5) is 13.2 Å². The Hall–Kier alpha value is -2.74. The summed E-state index contributed by atoms with van der Waals surface area (Å²) in [4.78, 5) is 12.4. The number of aliphatic hydroxyl groups excluding tert-OH is 1. The lowest BCUT2D eigenvalue weighted by atomic mass is 10.0. The zero-order chi connectivity index (χ0) is 21.7. The fourth-order valence-electron chi connectivity index (χ4n) is 3.54. The molecule has 1 saturated carbocycles. The van der Waals surface area contributed by atoms with E-state index in [1.54, 1.807) is 12.1 Å². The number of rotatable bonds is 7. The molecule has 0 aliphatic heterocycles. The minimum absolute atomic E-state index is 0.127. The number of nitrogens with one attached hydrogen (secondary N) is 1. The number of halogens is 3. The molecule has 3 rings (SSSR count). The van der Waals surface area contributed by atoms with E-state index in [9.17, 15) is 23.1 Å². The van der Waals surface area contributed by atoms with E-state index in [0.717, 1.165) is 31.7 Å². The highest BCUT2D eigenvalue weighted by Gasteiger charge is 2.34. The second-order valence-electron chi connectivity index (χ2n) is 7.20. The van der Waals surface area contributed by atoms with Gasteiger partial charge in [0.1, 0.15) is 0 Å². The zero-order valence-electron chi connectivity index (χ0n) is 16.5. The van der Waals surface area contributed by atoms with Crippen molar-refractivity contribution in [2.45, 2.75) is 44.1 Å². The third-order valence-electron chi connectivity index (χ3n) is 5.10. The molecule has 2 aromatic rings. The van der Waals surface area contributed by atoms with Crippen molar-refractivity contribution in [3.63, 3.8) is 0 Å². The lowest BCUT2D eigenvalue weighted by molar-refractivity contribution is -0.139. The molecule has 0 spiro atoms. The van der Waals surface area contributed by atoms with Crippen LogP contribution in [0.2, 0.25) is 0 Å². The molecule has 1 fully saturated rings. The smallest absolute Gasteiger partial charge is 0.416 e. The van der Waals surface area contributed by atoms with Gasteiger partial charge in [-0.15, -0.1) is 0 Å². The number of alkyl halides is 3. The molecule has 1 aliphatic carbocycles. The average molecular weight is 423 g/mol. The highest BCUT2D eigenvalue weighted by molar-refractivity contribution is 5.94. The molecular formula is C22H24F3NO4. The topological polar surface area (TPSA) is 67.8 Å². The lowest BCUT2D eigenvalue weighted by Crippen LogP contribution is -2.29. The molecule has 0 bridgehead atoms. The van der Waals surface area contributed by atoms with Gasteiger partial charge < -0.3 is 19.9 Å². The molecule has 0 saturated heterocycles. The van der Waals surface area contributed by atoms with Crippen LogP contribution in [0.1, 0.15) is 53.3 Å². The Bertz CT molecular complexity index is 879. The van der Waals surface area contributed by atoms with Crippen LogP contribution in [0, 0.1) is 0 Å². The molecule has 1 atom stereocenters. The summed E-state index contributed by atoms with van der Waals surface area (Å²) in [5.41, 5.74) is -0.966. The van der Waals surface area contributed by atoms with E-state index >= 15 is 0 Å². The van der Waals surface area contributed by atoms with Gasteiger partial charge in [0.05, 0.1) is 24.9 Å². The average Bonchev–Trinajstić information content (AvgIpc) is 3.24. The SMILES string of the molecule is COc1cc(C(=O)NCC(O)c2ccccc2C(F)(F)F)ccc1OC1CCCC1. The Morgan fingerprint density at radius 3 is 2.53 bits per heavy atom. The summed E-state index contributed by atoms with van der Waals surface area (Å²) in [6.07, 6.45) is -1.78. The predicted molar refractivity (Wildman–Crippen MR) is 105 cm³/mol. The van der Waals surface area contributed by atoms with Crippen molar-refractivity contribution >= 4 is 5.91 Å². The van der Waals surface area contributed by atoms with Crippen LogP contribution in [0.5, 0.6) is 11.5 Å². The largest absolute Gasteiger partial charge is 0.493 e. The summed E-state index contributed by atoms with van der Waals surface area (Å²) in [6.45, 7) is -0.367. The van der Waals surface area contributed by atoms with E-state index in [-0.39, 0.29) is 23.8 Å². The van der Waals surface area contributed by atoms with E-state index in [2.05, 4.69) is 5.32 Å². The first-order chi connectivity index (χ1) is 14.3. The van der Waals surface area contributed by atoms with Gasteiger partial charge in [-0.25, -0.2) is 0 Å². The van der Waals surface area contributed by atoms with Crippen molar-refractivity contribution in [3.05, 3.63) is 59.2 Å². The van der Waals surface area contributed by atoms with Crippen LogP contribution in [0.3, 0.4) is 0 Å². The first kappa shape index (κ1) is 22.0. The van der Waals surface area contributed by atoms with Gasteiger partial charge >= 0.3 is 6.18 Å². The predicted octanol–water partition coefficient (Wildman–Crippen LogP) is 4.50. The molecule has 1 unspecified atom stereocenters. The van der Waals surface area contributed by atoms with Gasteiger partial charge in [0, 0.05) is 12.1 Å². The first-order valence-electron chi connectivity index (χ1n) is 9.76. The third kappa shape index (κ3) is 5.24. The Kier molecular flexibility index (Phi) is 6.87. The van der Waals surface area contributed by atoms with Gasteiger partial charge in [-0.2, -0.15) is 13.2 Å². The maximum absolute atomic E-state index is 13.1. The Labute approximate surface area is 172 Å². The van der Waals surface area contributed by atoms with E-state index in [4.69, 9.17) is 9.47 Å². The molecule has 1 amide bonds. The molecule has 0 heterocycles.